The second-order valence-electron chi connectivity index (χ2n) is 7.56. The number of fused-ring (bicyclic) bond motifs is 1. The molecule has 2 aliphatic rings. The summed E-state index contributed by atoms with van der Waals surface area (Å²) >= 11 is 0. The first-order valence-electron chi connectivity index (χ1n) is 9.23. The minimum absolute atomic E-state index is 0.249. The number of nitrogens with one attached hydrogen (secondary N) is 1. The first kappa shape index (κ1) is 19.4. The number of ether oxygens (including phenoxy) is 1. The SMILES string of the molecule is CCC[C@]1(C(=O)OC)N[C@H](c2ccc(N(C)C)cc2)[C@@H]2C(=O)N(C)C(=O)[C@H]21. The zero-order valence-electron chi connectivity index (χ0n) is 16.5. The van der Waals surface area contributed by atoms with E-state index in [4.69, 9.17) is 4.74 Å². The minimum atomic E-state index is -1.18. The summed E-state index contributed by atoms with van der Waals surface area (Å²) in [6, 6.07) is 7.40. The molecular formula is C20H27N3O4. The molecule has 27 heavy (non-hydrogen) atoms. The lowest BCUT2D eigenvalue weighted by molar-refractivity contribution is -0.154. The van der Waals surface area contributed by atoms with Crippen LogP contribution in [-0.2, 0) is 19.1 Å². The fourth-order valence-electron chi connectivity index (χ4n) is 4.51. The molecule has 2 aliphatic heterocycles. The largest absolute Gasteiger partial charge is 0.468 e. The third kappa shape index (κ3) is 2.81. The number of nitrogens with zero attached hydrogens (tertiary/aromatic N) is 2. The number of anilines is 1. The van der Waals surface area contributed by atoms with Crippen LogP contribution in [0.2, 0.25) is 0 Å². The van der Waals surface area contributed by atoms with Gasteiger partial charge < -0.3 is 9.64 Å². The van der Waals surface area contributed by atoms with Crippen molar-refractivity contribution in [3.8, 4) is 0 Å². The van der Waals surface area contributed by atoms with Gasteiger partial charge in [-0.1, -0.05) is 25.5 Å². The number of methoxy groups -OCH3 is 1. The summed E-state index contributed by atoms with van der Waals surface area (Å²) in [4.78, 5) is 41.7. The minimum Gasteiger partial charge on any atom is -0.468 e. The Morgan fingerprint density at radius 2 is 1.85 bits per heavy atom. The van der Waals surface area contributed by atoms with Crippen molar-refractivity contribution in [3.63, 3.8) is 0 Å². The van der Waals surface area contributed by atoms with E-state index in [0.717, 1.165) is 16.2 Å². The van der Waals surface area contributed by atoms with E-state index < -0.39 is 29.4 Å². The second-order valence-corrected chi connectivity index (χ2v) is 7.56. The van der Waals surface area contributed by atoms with Crippen LogP contribution < -0.4 is 10.2 Å². The molecule has 1 aromatic rings. The number of esters is 1. The molecule has 4 atom stereocenters. The van der Waals surface area contributed by atoms with Gasteiger partial charge in [-0.15, -0.1) is 0 Å². The van der Waals surface area contributed by atoms with E-state index in [-0.39, 0.29) is 11.8 Å². The molecule has 0 radical (unpaired) electrons. The van der Waals surface area contributed by atoms with Gasteiger partial charge in [-0.05, 0) is 24.1 Å². The van der Waals surface area contributed by atoms with Crippen molar-refractivity contribution in [2.45, 2.75) is 31.3 Å². The van der Waals surface area contributed by atoms with Crippen LogP contribution in [0, 0.1) is 11.8 Å². The number of rotatable bonds is 5. The zero-order valence-corrected chi connectivity index (χ0v) is 16.5. The number of carbonyl (C=O) groups is 3. The third-order valence-electron chi connectivity index (χ3n) is 5.84. The maximum Gasteiger partial charge on any atom is 0.326 e. The average Bonchev–Trinajstić information content (AvgIpc) is 3.12. The smallest absolute Gasteiger partial charge is 0.326 e. The monoisotopic (exact) mass is 373 g/mol. The van der Waals surface area contributed by atoms with Gasteiger partial charge in [-0.25, -0.2) is 0 Å². The Morgan fingerprint density at radius 1 is 1.22 bits per heavy atom. The van der Waals surface area contributed by atoms with E-state index in [1.165, 1.54) is 14.2 Å². The van der Waals surface area contributed by atoms with Crippen molar-refractivity contribution in [2.75, 3.05) is 33.2 Å². The molecule has 0 spiro atoms. The normalized spacial score (nSPS) is 29.8. The highest BCUT2D eigenvalue weighted by atomic mass is 16.5. The Labute approximate surface area is 159 Å². The number of likely N-dealkylation sites (tertiary alicyclic amines) is 1. The summed E-state index contributed by atoms with van der Waals surface area (Å²) in [6.07, 6.45) is 1.11. The van der Waals surface area contributed by atoms with Gasteiger partial charge in [0.1, 0.15) is 5.54 Å². The predicted molar refractivity (Wildman–Crippen MR) is 101 cm³/mol. The van der Waals surface area contributed by atoms with Crippen molar-refractivity contribution < 1.29 is 19.1 Å². The molecule has 1 N–H and O–H groups in total. The molecule has 7 heteroatoms. The number of hydrogen-bond donors (Lipinski definition) is 1. The van der Waals surface area contributed by atoms with Gasteiger partial charge >= 0.3 is 5.97 Å². The Morgan fingerprint density at radius 3 is 2.37 bits per heavy atom. The summed E-state index contributed by atoms with van der Waals surface area (Å²) in [7, 11) is 6.72. The Hall–Kier alpha value is -2.41. The zero-order chi connectivity index (χ0) is 19.9. The quantitative estimate of drug-likeness (QED) is 0.620. The van der Waals surface area contributed by atoms with Crippen LogP contribution in [0.4, 0.5) is 5.69 Å². The van der Waals surface area contributed by atoms with Crippen molar-refractivity contribution in [2.24, 2.45) is 11.8 Å². The van der Waals surface area contributed by atoms with Gasteiger partial charge in [0.25, 0.3) is 0 Å². The number of imide groups is 1. The molecule has 2 amide bonds. The lowest BCUT2D eigenvalue weighted by Crippen LogP contribution is -2.56. The summed E-state index contributed by atoms with van der Waals surface area (Å²) < 4.78 is 5.06. The second kappa shape index (κ2) is 6.96. The molecule has 0 bridgehead atoms. The van der Waals surface area contributed by atoms with Crippen molar-refractivity contribution in [3.05, 3.63) is 29.8 Å². The Kier molecular flexibility index (Phi) is 4.99. The van der Waals surface area contributed by atoms with Crippen LogP contribution in [0.3, 0.4) is 0 Å². The molecule has 2 fully saturated rings. The maximum absolute atomic E-state index is 12.9. The molecule has 3 rings (SSSR count). The maximum atomic E-state index is 12.9. The molecule has 1 aromatic carbocycles. The van der Waals surface area contributed by atoms with Gasteiger partial charge in [-0.3, -0.25) is 24.6 Å². The lowest BCUT2D eigenvalue weighted by Gasteiger charge is -2.31. The summed E-state index contributed by atoms with van der Waals surface area (Å²) in [5.74, 6) is -2.41. The topological polar surface area (TPSA) is 79.0 Å². The van der Waals surface area contributed by atoms with E-state index in [9.17, 15) is 14.4 Å². The fraction of sp³-hybridized carbons (Fsp3) is 0.550. The molecule has 7 nitrogen and oxygen atoms in total. The fourth-order valence-corrected chi connectivity index (χ4v) is 4.51. The van der Waals surface area contributed by atoms with Crippen LogP contribution in [-0.4, -0.2) is 56.5 Å². The number of hydrogen-bond acceptors (Lipinski definition) is 6. The first-order valence-corrected chi connectivity index (χ1v) is 9.23. The number of benzene rings is 1. The lowest BCUT2D eigenvalue weighted by atomic mass is 9.77. The van der Waals surface area contributed by atoms with Crippen LogP contribution in [0.1, 0.15) is 31.4 Å². The number of carbonyl (C=O) groups excluding carboxylic acids is 3. The van der Waals surface area contributed by atoms with E-state index in [1.807, 2.05) is 50.2 Å². The van der Waals surface area contributed by atoms with Crippen LogP contribution in [0.5, 0.6) is 0 Å². The van der Waals surface area contributed by atoms with Crippen molar-refractivity contribution in [1.29, 1.82) is 0 Å². The van der Waals surface area contributed by atoms with Gasteiger partial charge in [0, 0.05) is 32.9 Å². The summed E-state index contributed by atoms with van der Waals surface area (Å²) in [6.45, 7) is 1.95. The predicted octanol–water partition coefficient (Wildman–Crippen LogP) is 1.34. The Balaban J connectivity index is 2.09. The van der Waals surface area contributed by atoms with E-state index >= 15 is 0 Å². The molecule has 2 saturated heterocycles. The Bertz CT molecular complexity index is 761. The van der Waals surface area contributed by atoms with Crippen molar-refractivity contribution in [1.82, 2.24) is 10.2 Å². The van der Waals surface area contributed by atoms with E-state index in [1.54, 1.807) is 0 Å². The highest BCUT2D eigenvalue weighted by Crippen LogP contribution is 2.50. The van der Waals surface area contributed by atoms with E-state index in [0.29, 0.717) is 12.8 Å². The van der Waals surface area contributed by atoms with Gasteiger partial charge in [0.15, 0.2) is 0 Å². The highest BCUT2D eigenvalue weighted by Gasteiger charge is 2.67. The third-order valence-corrected chi connectivity index (χ3v) is 5.84. The molecular weight excluding hydrogens is 346 g/mol. The molecule has 0 saturated carbocycles. The molecule has 0 aliphatic carbocycles. The molecule has 0 aromatic heterocycles. The summed E-state index contributed by atoms with van der Waals surface area (Å²) in [5, 5.41) is 3.35. The van der Waals surface area contributed by atoms with Crippen LogP contribution in [0.15, 0.2) is 24.3 Å². The first-order chi connectivity index (χ1) is 12.8. The average molecular weight is 373 g/mol. The number of amides is 2. The van der Waals surface area contributed by atoms with Gasteiger partial charge in [0.2, 0.25) is 11.8 Å². The standard InChI is InChI=1S/C20H27N3O4/c1-6-11-20(19(26)27-5)15-14(17(24)23(4)18(15)25)16(21-20)12-7-9-13(10-8-12)22(2)3/h7-10,14-16,21H,6,11H2,1-5H3/t14-,15+,16-,20+/m1/s1. The highest BCUT2D eigenvalue weighted by molar-refractivity contribution is 6.09. The van der Waals surface area contributed by atoms with E-state index in [2.05, 4.69) is 5.32 Å². The summed E-state index contributed by atoms with van der Waals surface area (Å²) in [5.41, 5.74) is 0.734. The van der Waals surface area contributed by atoms with Gasteiger partial charge in [-0.2, -0.15) is 0 Å². The van der Waals surface area contributed by atoms with Crippen LogP contribution in [0.25, 0.3) is 0 Å². The molecule has 146 valence electrons. The van der Waals surface area contributed by atoms with Gasteiger partial charge in [0.05, 0.1) is 18.9 Å². The molecule has 2 heterocycles. The van der Waals surface area contributed by atoms with Crippen molar-refractivity contribution >= 4 is 23.5 Å². The molecule has 0 unspecified atom stereocenters. The van der Waals surface area contributed by atoms with Crippen LogP contribution >= 0.6 is 0 Å².